The third-order valence-electron chi connectivity index (χ3n) is 2.76. The number of carboxylic acid groups (broad SMARTS) is 1. The van der Waals surface area contributed by atoms with Gasteiger partial charge in [-0.3, -0.25) is 0 Å². The first kappa shape index (κ1) is 18.2. The van der Waals surface area contributed by atoms with Gasteiger partial charge in [0.25, 0.3) is 0 Å². The van der Waals surface area contributed by atoms with Crippen LogP contribution < -0.4 is 10.6 Å². The lowest BCUT2D eigenvalue weighted by Gasteiger charge is -2.22. The van der Waals surface area contributed by atoms with Crippen LogP contribution in [0.4, 0.5) is 4.79 Å². The molecule has 6 nitrogen and oxygen atoms in total. The standard InChI is InChI=1S/C15H22NO5P/c1-15(2,3)21-14(19)16-12(13(17)18)10-6-8-11(9-7-10)22(4,5)20/h6-9,12H,1-5H3,(H,16,19)(H,17,18). The summed E-state index contributed by atoms with van der Waals surface area (Å²) in [6.45, 7) is 8.34. The fourth-order valence-electron chi connectivity index (χ4n) is 1.74. The molecule has 0 bridgehead atoms. The van der Waals surface area contributed by atoms with Crippen molar-refractivity contribution < 1.29 is 24.0 Å². The molecule has 22 heavy (non-hydrogen) atoms. The van der Waals surface area contributed by atoms with Gasteiger partial charge in [-0.1, -0.05) is 24.3 Å². The van der Waals surface area contributed by atoms with Crippen LogP contribution in [0.1, 0.15) is 32.4 Å². The molecule has 1 aromatic rings. The van der Waals surface area contributed by atoms with Gasteiger partial charge in [0.05, 0.1) is 0 Å². The number of hydrogen-bond acceptors (Lipinski definition) is 4. The molecule has 0 spiro atoms. The molecule has 0 aliphatic rings. The summed E-state index contributed by atoms with van der Waals surface area (Å²) in [7, 11) is -2.41. The van der Waals surface area contributed by atoms with Crippen LogP contribution in [-0.4, -0.2) is 36.1 Å². The van der Waals surface area contributed by atoms with Crippen LogP contribution in [0.3, 0.4) is 0 Å². The summed E-state index contributed by atoms with van der Waals surface area (Å²) in [4.78, 5) is 23.1. The lowest BCUT2D eigenvalue weighted by atomic mass is 10.1. The molecule has 1 amide bonds. The Kier molecular flexibility index (Phi) is 5.41. The Morgan fingerprint density at radius 3 is 2.05 bits per heavy atom. The van der Waals surface area contributed by atoms with Crippen molar-refractivity contribution in [3.8, 4) is 0 Å². The van der Waals surface area contributed by atoms with Crippen LogP contribution in [0.25, 0.3) is 0 Å². The first-order valence-corrected chi connectivity index (χ1v) is 9.38. The molecule has 1 unspecified atom stereocenters. The number of amides is 1. The van der Waals surface area contributed by atoms with Gasteiger partial charge >= 0.3 is 12.1 Å². The minimum Gasteiger partial charge on any atom is -0.479 e. The molecule has 0 aromatic heterocycles. The maximum atomic E-state index is 12.0. The molecular weight excluding hydrogens is 305 g/mol. The summed E-state index contributed by atoms with van der Waals surface area (Å²) < 4.78 is 17.0. The Morgan fingerprint density at radius 1 is 1.18 bits per heavy atom. The van der Waals surface area contributed by atoms with Crippen molar-refractivity contribution in [3.63, 3.8) is 0 Å². The quantitative estimate of drug-likeness (QED) is 0.829. The minimum absolute atomic E-state index is 0.385. The van der Waals surface area contributed by atoms with Crippen molar-refractivity contribution in [2.75, 3.05) is 13.3 Å². The number of carbonyl (C=O) groups is 2. The molecule has 0 aliphatic carbocycles. The third-order valence-corrected chi connectivity index (χ3v) is 4.30. The van der Waals surface area contributed by atoms with Gasteiger partial charge in [0.15, 0.2) is 6.04 Å². The van der Waals surface area contributed by atoms with Crippen LogP contribution >= 0.6 is 7.14 Å². The monoisotopic (exact) mass is 327 g/mol. The second kappa shape index (κ2) is 6.53. The van der Waals surface area contributed by atoms with E-state index in [1.807, 2.05) is 0 Å². The van der Waals surface area contributed by atoms with Gasteiger partial charge in [0.2, 0.25) is 0 Å². The molecule has 1 rings (SSSR count). The predicted octanol–water partition coefficient (Wildman–Crippen LogP) is 2.59. The Balaban J connectivity index is 2.95. The van der Waals surface area contributed by atoms with Gasteiger partial charge in [-0.2, -0.15) is 0 Å². The molecule has 0 radical (unpaired) electrons. The smallest absolute Gasteiger partial charge is 0.408 e. The highest BCUT2D eigenvalue weighted by Crippen LogP contribution is 2.34. The van der Waals surface area contributed by atoms with Gasteiger partial charge < -0.3 is 19.7 Å². The second-order valence-corrected chi connectivity index (χ2v) is 9.58. The van der Waals surface area contributed by atoms with E-state index in [9.17, 15) is 19.3 Å². The SMILES string of the molecule is CC(C)(C)OC(=O)NC(C(=O)O)c1ccc(P(C)(C)=O)cc1. The number of carboxylic acids is 1. The van der Waals surface area contributed by atoms with E-state index in [-0.39, 0.29) is 0 Å². The lowest BCUT2D eigenvalue weighted by Crippen LogP contribution is -2.38. The molecule has 7 heteroatoms. The van der Waals surface area contributed by atoms with E-state index in [4.69, 9.17) is 4.74 Å². The molecule has 1 aromatic carbocycles. The zero-order valence-corrected chi connectivity index (χ0v) is 14.3. The Labute approximate surface area is 130 Å². The maximum absolute atomic E-state index is 12.0. The van der Waals surface area contributed by atoms with E-state index >= 15 is 0 Å². The van der Waals surface area contributed by atoms with Gasteiger partial charge in [-0.05, 0) is 39.7 Å². The van der Waals surface area contributed by atoms with Gasteiger partial charge in [0.1, 0.15) is 12.7 Å². The molecule has 122 valence electrons. The van der Waals surface area contributed by atoms with E-state index in [0.717, 1.165) is 0 Å². The zero-order valence-electron chi connectivity index (χ0n) is 13.4. The number of nitrogens with one attached hydrogen (secondary N) is 1. The van der Waals surface area contributed by atoms with Gasteiger partial charge in [0, 0.05) is 5.30 Å². The molecule has 0 heterocycles. The predicted molar refractivity (Wildman–Crippen MR) is 85.3 cm³/mol. The maximum Gasteiger partial charge on any atom is 0.408 e. The van der Waals surface area contributed by atoms with Crippen LogP contribution in [0.15, 0.2) is 24.3 Å². The highest BCUT2D eigenvalue weighted by atomic mass is 31.2. The van der Waals surface area contributed by atoms with Crippen LogP contribution in [0.5, 0.6) is 0 Å². The summed E-state index contributed by atoms with van der Waals surface area (Å²) in [6.07, 6.45) is -0.805. The first-order valence-electron chi connectivity index (χ1n) is 6.78. The number of ether oxygens (including phenoxy) is 1. The molecule has 2 N–H and O–H groups in total. The normalized spacial score (nSPS) is 13.3. The van der Waals surface area contributed by atoms with E-state index in [1.165, 1.54) is 0 Å². The molecule has 1 atom stereocenters. The highest BCUT2D eigenvalue weighted by molar-refractivity contribution is 7.70. The van der Waals surface area contributed by atoms with Crippen LogP contribution in [0, 0.1) is 0 Å². The number of benzene rings is 1. The van der Waals surface area contributed by atoms with Crippen LogP contribution in [-0.2, 0) is 14.1 Å². The highest BCUT2D eigenvalue weighted by Gasteiger charge is 2.25. The summed E-state index contributed by atoms with van der Waals surface area (Å²) in [5, 5.41) is 12.2. The lowest BCUT2D eigenvalue weighted by molar-refractivity contribution is -0.139. The van der Waals surface area contributed by atoms with Crippen molar-refractivity contribution in [3.05, 3.63) is 29.8 Å². The first-order chi connectivity index (χ1) is 9.90. The topological polar surface area (TPSA) is 92.7 Å². The molecule has 0 saturated heterocycles. The minimum atomic E-state index is -2.41. The van der Waals surface area contributed by atoms with Crippen molar-refractivity contribution >= 4 is 24.5 Å². The average molecular weight is 327 g/mol. The second-order valence-electron chi connectivity index (χ2n) is 6.36. The van der Waals surface area contributed by atoms with Crippen molar-refractivity contribution in [1.29, 1.82) is 0 Å². The fourth-order valence-corrected chi connectivity index (χ4v) is 2.61. The third kappa shape index (κ3) is 5.53. The summed E-state index contributed by atoms with van der Waals surface area (Å²) in [5.41, 5.74) is -0.329. The van der Waals surface area contributed by atoms with Crippen molar-refractivity contribution in [1.82, 2.24) is 5.32 Å². The number of carbonyl (C=O) groups excluding carboxylic acids is 1. The molecule has 0 saturated carbocycles. The fraction of sp³-hybridized carbons (Fsp3) is 0.467. The number of rotatable bonds is 4. The van der Waals surface area contributed by atoms with E-state index in [2.05, 4.69) is 5.32 Å². The van der Waals surface area contributed by atoms with E-state index in [0.29, 0.717) is 10.9 Å². The Hall–Kier alpha value is -1.81. The molecule has 0 fully saturated rings. The molecular formula is C15H22NO5P. The number of hydrogen-bond donors (Lipinski definition) is 2. The van der Waals surface area contributed by atoms with Crippen molar-refractivity contribution in [2.24, 2.45) is 0 Å². The number of alkyl carbamates (subject to hydrolysis) is 1. The molecule has 0 aliphatic heterocycles. The van der Waals surface area contributed by atoms with Crippen molar-refractivity contribution in [2.45, 2.75) is 32.4 Å². The summed E-state index contributed by atoms with van der Waals surface area (Å²) >= 11 is 0. The average Bonchev–Trinajstić information content (AvgIpc) is 2.32. The largest absolute Gasteiger partial charge is 0.479 e. The van der Waals surface area contributed by atoms with E-state index < -0.39 is 30.8 Å². The van der Waals surface area contributed by atoms with Gasteiger partial charge in [-0.15, -0.1) is 0 Å². The van der Waals surface area contributed by atoms with E-state index in [1.54, 1.807) is 58.4 Å². The van der Waals surface area contributed by atoms with Crippen LogP contribution in [0.2, 0.25) is 0 Å². The summed E-state index contributed by atoms with van der Waals surface area (Å²) in [5.74, 6) is -1.20. The number of aliphatic carboxylic acids is 1. The van der Waals surface area contributed by atoms with Gasteiger partial charge in [-0.25, -0.2) is 9.59 Å². The Bertz CT molecular complexity index is 597. The Morgan fingerprint density at radius 2 is 1.68 bits per heavy atom. The zero-order chi connectivity index (χ0) is 17.1. The summed E-state index contributed by atoms with van der Waals surface area (Å²) in [6, 6.07) is 5.10.